The van der Waals surface area contributed by atoms with Gasteiger partial charge in [-0.05, 0) is 13.5 Å². The van der Waals surface area contributed by atoms with Gasteiger partial charge in [0.25, 0.3) is 0 Å². The lowest BCUT2D eigenvalue weighted by Crippen LogP contribution is -2.40. The molecule has 0 heterocycles. The van der Waals surface area contributed by atoms with Gasteiger partial charge in [-0.15, -0.1) is 0 Å². The van der Waals surface area contributed by atoms with E-state index in [1.165, 1.54) is 0 Å². The van der Waals surface area contributed by atoms with E-state index in [0.717, 1.165) is 6.29 Å². The normalized spacial score (nSPS) is 12.2. The van der Waals surface area contributed by atoms with Gasteiger partial charge >= 0.3 is 0 Å². The van der Waals surface area contributed by atoms with Crippen molar-refractivity contribution < 1.29 is 9.59 Å². The number of carbonyl (C=O) groups is 2. The van der Waals surface area contributed by atoms with Gasteiger partial charge in [0.1, 0.15) is 6.29 Å². The Morgan fingerprint density at radius 2 is 2.18 bits per heavy atom. The highest BCUT2D eigenvalue weighted by Crippen LogP contribution is 1.93. The van der Waals surface area contributed by atoms with Crippen molar-refractivity contribution in [3.63, 3.8) is 0 Å². The zero-order valence-electron chi connectivity index (χ0n) is 6.89. The van der Waals surface area contributed by atoms with Gasteiger partial charge in [-0.2, -0.15) is 0 Å². The molecule has 0 fully saturated rings. The molecule has 0 aliphatic carbocycles. The van der Waals surface area contributed by atoms with Gasteiger partial charge in [0.05, 0.1) is 6.04 Å². The van der Waals surface area contributed by atoms with Gasteiger partial charge in [0.15, 0.2) is 0 Å². The summed E-state index contributed by atoms with van der Waals surface area (Å²) in [5, 5.41) is 5.32. The molecular formula is C7H14N2O2. The minimum absolute atomic E-state index is 0.0747. The Hall–Kier alpha value is -0.900. The van der Waals surface area contributed by atoms with E-state index in [9.17, 15) is 9.59 Å². The van der Waals surface area contributed by atoms with E-state index in [1.807, 2.05) is 0 Å². The van der Waals surface area contributed by atoms with Crippen molar-refractivity contribution in [1.29, 1.82) is 0 Å². The van der Waals surface area contributed by atoms with Crippen molar-refractivity contribution in [3.05, 3.63) is 0 Å². The van der Waals surface area contributed by atoms with E-state index < -0.39 is 0 Å². The first-order valence-electron chi connectivity index (χ1n) is 3.58. The number of hydrogen-bond donors (Lipinski definition) is 2. The number of hydrogen-bond acceptors (Lipinski definition) is 3. The SMILES string of the molecule is CNC(=O)C(CCC=O)NC. The van der Waals surface area contributed by atoms with E-state index in [4.69, 9.17) is 0 Å². The summed E-state index contributed by atoms with van der Waals surface area (Å²) in [7, 11) is 3.28. The highest BCUT2D eigenvalue weighted by molar-refractivity contribution is 5.81. The smallest absolute Gasteiger partial charge is 0.236 e. The lowest BCUT2D eigenvalue weighted by atomic mass is 10.1. The molecule has 0 radical (unpaired) electrons. The lowest BCUT2D eigenvalue weighted by molar-refractivity contribution is -0.122. The average molecular weight is 158 g/mol. The van der Waals surface area contributed by atoms with E-state index in [2.05, 4.69) is 10.6 Å². The third-order valence-electron chi connectivity index (χ3n) is 1.48. The van der Waals surface area contributed by atoms with Crippen LogP contribution in [-0.2, 0) is 9.59 Å². The quantitative estimate of drug-likeness (QED) is 0.520. The zero-order chi connectivity index (χ0) is 8.69. The van der Waals surface area contributed by atoms with Gasteiger partial charge in [-0.3, -0.25) is 4.79 Å². The predicted molar refractivity (Wildman–Crippen MR) is 42.2 cm³/mol. The molecule has 11 heavy (non-hydrogen) atoms. The minimum atomic E-state index is -0.245. The minimum Gasteiger partial charge on any atom is -0.358 e. The van der Waals surface area contributed by atoms with Gasteiger partial charge in [0, 0.05) is 13.5 Å². The van der Waals surface area contributed by atoms with Crippen LogP contribution < -0.4 is 10.6 Å². The highest BCUT2D eigenvalue weighted by atomic mass is 16.2. The highest BCUT2D eigenvalue weighted by Gasteiger charge is 2.12. The first-order valence-corrected chi connectivity index (χ1v) is 3.58. The molecule has 0 aromatic carbocycles. The van der Waals surface area contributed by atoms with Crippen molar-refractivity contribution in [2.45, 2.75) is 18.9 Å². The van der Waals surface area contributed by atoms with Crippen LogP contribution in [0.25, 0.3) is 0 Å². The molecule has 0 aliphatic heterocycles. The fourth-order valence-corrected chi connectivity index (χ4v) is 0.815. The number of aldehydes is 1. The molecule has 64 valence electrons. The van der Waals surface area contributed by atoms with Crippen LogP contribution in [0.3, 0.4) is 0 Å². The van der Waals surface area contributed by atoms with E-state index >= 15 is 0 Å². The molecule has 0 aliphatic rings. The molecule has 4 nitrogen and oxygen atoms in total. The van der Waals surface area contributed by atoms with Gasteiger partial charge in [-0.25, -0.2) is 0 Å². The summed E-state index contributed by atoms with van der Waals surface area (Å²) in [6, 6.07) is -0.245. The molecule has 0 aromatic rings. The lowest BCUT2D eigenvalue weighted by Gasteiger charge is -2.11. The Morgan fingerprint density at radius 3 is 2.55 bits per heavy atom. The molecule has 4 heteroatoms. The fraction of sp³-hybridized carbons (Fsp3) is 0.714. The molecular weight excluding hydrogens is 144 g/mol. The second kappa shape index (κ2) is 5.85. The van der Waals surface area contributed by atoms with E-state index in [0.29, 0.717) is 12.8 Å². The molecule has 0 saturated carbocycles. The van der Waals surface area contributed by atoms with Gasteiger partial charge in [0.2, 0.25) is 5.91 Å². The monoisotopic (exact) mass is 158 g/mol. The Bertz CT molecular complexity index is 136. The maximum atomic E-state index is 11.0. The molecule has 0 spiro atoms. The standard InChI is InChI=1S/C7H14N2O2/c1-8-6(4-3-5-10)7(11)9-2/h5-6,8H,3-4H2,1-2H3,(H,9,11). The van der Waals surface area contributed by atoms with Gasteiger partial charge < -0.3 is 15.4 Å². The van der Waals surface area contributed by atoms with Crippen LogP contribution in [0.2, 0.25) is 0 Å². The largest absolute Gasteiger partial charge is 0.358 e. The number of nitrogens with one attached hydrogen (secondary N) is 2. The van der Waals surface area contributed by atoms with Crippen LogP contribution in [0.5, 0.6) is 0 Å². The van der Waals surface area contributed by atoms with Crippen molar-refractivity contribution in [2.75, 3.05) is 14.1 Å². The summed E-state index contributed by atoms with van der Waals surface area (Å²) in [5.74, 6) is -0.0747. The molecule has 2 N–H and O–H groups in total. The Kier molecular flexibility index (Phi) is 5.37. The van der Waals surface area contributed by atoms with E-state index in [1.54, 1.807) is 14.1 Å². The summed E-state index contributed by atoms with van der Waals surface area (Å²) in [6.45, 7) is 0. The zero-order valence-corrected chi connectivity index (χ0v) is 6.89. The first kappa shape index (κ1) is 10.1. The Labute approximate surface area is 66.4 Å². The summed E-state index contributed by atoms with van der Waals surface area (Å²) in [4.78, 5) is 20.9. The van der Waals surface area contributed by atoms with Crippen molar-refractivity contribution in [3.8, 4) is 0 Å². The summed E-state index contributed by atoms with van der Waals surface area (Å²) < 4.78 is 0. The molecule has 1 unspecified atom stereocenters. The average Bonchev–Trinajstić information content (AvgIpc) is 2.05. The summed E-state index contributed by atoms with van der Waals surface area (Å²) >= 11 is 0. The molecule has 1 amide bonds. The van der Waals surface area contributed by atoms with Crippen LogP contribution >= 0.6 is 0 Å². The second-order valence-corrected chi connectivity index (χ2v) is 2.20. The predicted octanol–water partition coefficient (Wildman–Crippen LogP) is -0.701. The molecule has 0 aromatic heterocycles. The first-order chi connectivity index (χ1) is 5.26. The molecule has 0 saturated heterocycles. The third-order valence-corrected chi connectivity index (χ3v) is 1.48. The van der Waals surface area contributed by atoms with Gasteiger partial charge in [-0.1, -0.05) is 0 Å². The number of carbonyl (C=O) groups excluding carboxylic acids is 2. The molecule has 0 bridgehead atoms. The van der Waals surface area contributed by atoms with E-state index in [-0.39, 0.29) is 11.9 Å². The Morgan fingerprint density at radius 1 is 1.55 bits per heavy atom. The number of likely N-dealkylation sites (N-methyl/N-ethyl adjacent to an activating group) is 2. The van der Waals surface area contributed by atoms with Crippen LogP contribution in [0, 0.1) is 0 Å². The maximum absolute atomic E-state index is 11.0. The summed E-state index contributed by atoms with van der Waals surface area (Å²) in [5.41, 5.74) is 0. The van der Waals surface area contributed by atoms with Crippen molar-refractivity contribution in [2.24, 2.45) is 0 Å². The van der Waals surface area contributed by atoms with Crippen LogP contribution in [0.1, 0.15) is 12.8 Å². The van der Waals surface area contributed by atoms with Crippen LogP contribution in [-0.4, -0.2) is 32.3 Å². The third kappa shape index (κ3) is 3.72. The second-order valence-electron chi connectivity index (χ2n) is 2.20. The molecule has 1 atom stereocenters. The summed E-state index contributed by atoms with van der Waals surface area (Å²) in [6.07, 6.45) is 1.78. The topological polar surface area (TPSA) is 58.2 Å². The van der Waals surface area contributed by atoms with Crippen molar-refractivity contribution >= 4 is 12.2 Å². The number of rotatable bonds is 5. The maximum Gasteiger partial charge on any atom is 0.236 e. The van der Waals surface area contributed by atoms with Crippen LogP contribution in [0.4, 0.5) is 0 Å². The molecule has 0 rings (SSSR count). The Balaban J connectivity index is 3.74. The number of amides is 1. The van der Waals surface area contributed by atoms with Crippen LogP contribution in [0.15, 0.2) is 0 Å². The van der Waals surface area contributed by atoms with Crippen molar-refractivity contribution in [1.82, 2.24) is 10.6 Å². The fourth-order valence-electron chi connectivity index (χ4n) is 0.815.